The van der Waals surface area contributed by atoms with E-state index >= 15 is 0 Å². The lowest BCUT2D eigenvalue weighted by Crippen LogP contribution is -2.49. The van der Waals surface area contributed by atoms with Crippen molar-refractivity contribution in [2.75, 3.05) is 31.1 Å². The van der Waals surface area contributed by atoms with Gasteiger partial charge in [-0.2, -0.15) is 0 Å². The van der Waals surface area contributed by atoms with E-state index < -0.39 is 4.92 Å². The van der Waals surface area contributed by atoms with Crippen molar-refractivity contribution in [3.8, 4) is 0 Å². The SMILES string of the molecule is O=C(c1ccc([N+](=O)[O-])cc1)N1CCN(c2cnc3ccccc3n2)CC1. The average Bonchev–Trinajstić information content (AvgIpc) is 2.73. The van der Waals surface area contributed by atoms with Gasteiger partial charge >= 0.3 is 0 Å². The number of hydrogen-bond donors (Lipinski definition) is 0. The molecule has 0 spiro atoms. The van der Waals surface area contributed by atoms with E-state index in [2.05, 4.69) is 14.9 Å². The van der Waals surface area contributed by atoms with E-state index in [1.54, 1.807) is 11.1 Å². The summed E-state index contributed by atoms with van der Waals surface area (Å²) in [6, 6.07) is 13.4. The molecule has 0 bridgehead atoms. The quantitative estimate of drug-likeness (QED) is 0.524. The minimum Gasteiger partial charge on any atom is -0.352 e. The van der Waals surface area contributed by atoms with Crippen molar-refractivity contribution in [3.63, 3.8) is 0 Å². The van der Waals surface area contributed by atoms with E-state index in [4.69, 9.17) is 0 Å². The number of anilines is 1. The summed E-state index contributed by atoms with van der Waals surface area (Å²) in [6.07, 6.45) is 1.76. The molecule has 0 radical (unpaired) electrons. The van der Waals surface area contributed by atoms with Crippen LogP contribution in [0.25, 0.3) is 11.0 Å². The Hall–Kier alpha value is -3.55. The van der Waals surface area contributed by atoms with Crippen LogP contribution < -0.4 is 4.90 Å². The molecule has 1 aliphatic heterocycles. The third-order valence-electron chi connectivity index (χ3n) is 4.65. The van der Waals surface area contributed by atoms with E-state index in [1.165, 1.54) is 24.3 Å². The molecule has 0 aliphatic carbocycles. The Balaban J connectivity index is 1.43. The normalized spacial score (nSPS) is 14.4. The summed E-state index contributed by atoms with van der Waals surface area (Å²) >= 11 is 0. The first-order chi connectivity index (χ1) is 13.1. The molecule has 1 aliphatic rings. The van der Waals surface area contributed by atoms with Crippen LogP contribution in [0.3, 0.4) is 0 Å². The largest absolute Gasteiger partial charge is 0.352 e. The van der Waals surface area contributed by atoms with Gasteiger partial charge in [0.25, 0.3) is 11.6 Å². The summed E-state index contributed by atoms with van der Waals surface area (Å²) in [4.78, 5) is 35.8. The maximum absolute atomic E-state index is 12.6. The molecule has 0 saturated carbocycles. The second kappa shape index (κ2) is 6.99. The zero-order valence-electron chi connectivity index (χ0n) is 14.5. The molecular weight excluding hydrogens is 346 g/mol. The molecule has 2 aromatic carbocycles. The van der Waals surface area contributed by atoms with Crippen LogP contribution in [0.1, 0.15) is 10.4 Å². The van der Waals surface area contributed by atoms with Gasteiger partial charge in [0.15, 0.2) is 0 Å². The number of amides is 1. The van der Waals surface area contributed by atoms with E-state index in [0.717, 1.165) is 16.9 Å². The van der Waals surface area contributed by atoms with E-state index in [9.17, 15) is 14.9 Å². The van der Waals surface area contributed by atoms with Crippen LogP contribution in [0.15, 0.2) is 54.7 Å². The number of nitrogens with zero attached hydrogens (tertiary/aromatic N) is 5. The van der Waals surface area contributed by atoms with Crippen molar-refractivity contribution in [2.45, 2.75) is 0 Å². The fourth-order valence-electron chi connectivity index (χ4n) is 3.15. The van der Waals surface area contributed by atoms with Crippen molar-refractivity contribution < 1.29 is 9.72 Å². The number of fused-ring (bicyclic) bond motifs is 1. The molecule has 1 aromatic heterocycles. The van der Waals surface area contributed by atoms with Crippen LogP contribution >= 0.6 is 0 Å². The highest BCUT2D eigenvalue weighted by Gasteiger charge is 2.23. The highest BCUT2D eigenvalue weighted by molar-refractivity contribution is 5.94. The third-order valence-corrected chi connectivity index (χ3v) is 4.65. The van der Waals surface area contributed by atoms with Crippen LogP contribution in [-0.4, -0.2) is 51.9 Å². The number of rotatable bonds is 3. The minimum absolute atomic E-state index is 0.0220. The summed E-state index contributed by atoms with van der Waals surface area (Å²) in [7, 11) is 0. The molecule has 1 saturated heterocycles. The fraction of sp³-hybridized carbons (Fsp3) is 0.211. The van der Waals surface area contributed by atoms with Crippen molar-refractivity contribution in [2.24, 2.45) is 0 Å². The molecule has 136 valence electrons. The molecule has 3 aromatic rings. The predicted molar refractivity (Wildman–Crippen MR) is 101 cm³/mol. The maximum Gasteiger partial charge on any atom is 0.269 e. The van der Waals surface area contributed by atoms with Crippen LogP contribution in [0.2, 0.25) is 0 Å². The third kappa shape index (κ3) is 3.41. The molecule has 4 rings (SSSR count). The van der Waals surface area contributed by atoms with Crippen molar-refractivity contribution in [1.82, 2.24) is 14.9 Å². The zero-order chi connectivity index (χ0) is 18.8. The molecule has 0 atom stereocenters. The summed E-state index contributed by atoms with van der Waals surface area (Å²) in [5.41, 5.74) is 2.14. The van der Waals surface area contributed by atoms with Crippen LogP contribution in [0.5, 0.6) is 0 Å². The van der Waals surface area contributed by atoms with Gasteiger partial charge < -0.3 is 9.80 Å². The monoisotopic (exact) mass is 363 g/mol. The van der Waals surface area contributed by atoms with E-state index in [0.29, 0.717) is 31.7 Å². The number of para-hydroxylation sites is 2. The van der Waals surface area contributed by atoms with Crippen molar-refractivity contribution >= 4 is 28.4 Å². The number of nitro benzene ring substituents is 1. The van der Waals surface area contributed by atoms with E-state index in [1.807, 2.05) is 24.3 Å². The number of piperazine rings is 1. The summed E-state index contributed by atoms with van der Waals surface area (Å²) in [5.74, 6) is 0.685. The highest BCUT2D eigenvalue weighted by atomic mass is 16.6. The van der Waals surface area contributed by atoms with Gasteiger partial charge in [0.1, 0.15) is 5.82 Å². The van der Waals surface area contributed by atoms with Gasteiger partial charge in [-0.1, -0.05) is 12.1 Å². The number of hydrogen-bond acceptors (Lipinski definition) is 6. The Morgan fingerprint density at radius 2 is 1.63 bits per heavy atom. The lowest BCUT2D eigenvalue weighted by molar-refractivity contribution is -0.384. The smallest absolute Gasteiger partial charge is 0.269 e. The molecule has 0 unspecified atom stereocenters. The van der Waals surface area contributed by atoms with Gasteiger partial charge in [-0.25, -0.2) is 4.98 Å². The maximum atomic E-state index is 12.6. The lowest BCUT2D eigenvalue weighted by Gasteiger charge is -2.35. The Bertz CT molecular complexity index is 998. The standard InChI is InChI=1S/C19H17N5O3/c25-19(14-5-7-15(8-6-14)24(26)27)23-11-9-22(10-12-23)18-13-20-16-3-1-2-4-17(16)21-18/h1-8,13H,9-12H2. The second-order valence-corrected chi connectivity index (χ2v) is 6.30. The van der Waals surface area contributed by atoms with E-state index in [-0.39, 0.29) is 11.6 Å². The topological polar surface area (TPSA) is 92.5 Å². The lowest BCUT2D eigenvalue weighted by atomic mass is 10.1. The summed E-state index contributed by atoms with van der Waals surface area (Å²) < 4.78 is 0. The average molecular weight is 363 g/mol. The van der Waals surface area contributed by atoms with Gasteiger partial charge in [-0.15, -0.1) is 0 Å². The fourth-order valence-corrected chi connectivity index (χ4v) is 3.15. The van der Waals surface area contributed by atoms with Gasteiger partial charge in [0.05, 0.1) is 22.2 Å². The molecular formula is C19H17N5O3. The first-order valence-corrected chi connectivity index (χ1v) is 8.62. The zero-order valence-corrected chi connectivity index (χ0v) is 14.5. The van der Waals surface area contributed by atoms with Gasteiger partial charge in [0.2, 0.25) is 0 Å². The summed E-state index contributed by atoms with van der Waals surface area (Å²) in [5, 5.41) is 10.7. The number of benzene rings is 2. The van der Waals surface area contributed by atoms with Crippen molar-refractivity contribution in [3.05, 3.63) is 70.4 Å². The number of aromatic nitrogens is 2. The van der Waals surface area contributed by atoms with Gasteiger partial charge in [0, 0.05) is 43.9 Å². The van der Waals surface area contributed by atoms with Crippen LogP contribution in [-0.2, 0) is 0 Å². The second-order valence-electron chi connectivity index (χ2n) is 6.30. The summed E-state index contributed by atoms with van der Waals surface area (Å²) in [6.45, 7) is 2.44. The first kappa shape index (κ1) is 16.9. The van der Waals surface area contributed by atoms with Gasteiger partial charge in [-0.3, -0.25) is 19.9 Å². The number of non-ortho nitro benzene ring substituents is 1. The molecule has 8 nitrogen and oxygen atoms in total. The van der Waals surface area contributed by atoms with Crippen LogP contribution in [0.4, 0.5) is 11.5 Å². The Morgan fingerprint density at radius 3 is 2.30 bits per heavy atom. The molecule has 1 amide bonds. The first-order valence-electron chi connectivity index (χ1n) is 8.62. The molecule has 8 heteroatoms. The molecule has 1 fully saturated rings. The Morgan fingerprint density at radius 1 is 0.963 bits per heavy atom. The minimum atomic E-state index is -0.475. The van der Waals surface area contributed by atoms with Crippen molar-refractivity contribution in [1.29, 1.82) is 0 Å². The Kier molecular flexibility index (Phi) is 4.37. The van der Waals surface area contributed by atoms with Gasteiger partial charge in [-0.05, 0) is 24.3 Å². The molecule has 2 heterocycles. The number of carbonyl (C=O) groups excluding carboxylic acids is 1. The van der Waals surface area contributed by atoms with Crippen LogP contribution in [0, 0.1) is 10.1 Å². The highest BCUT2D eigenvalue weighted by Crippen LogP contribution is 2.19. The number of nitro groups is 1. The molecule has 27 heavy (non-hydrogen) atoms. The Labute approximate surface area is 155 Å². The molecule has 0 N–H and O–H groups in total. The predicted octanol–water partition coefficient (Wildman–Crippen LogP) is 2.50. The number of carbonyl (C=O) groups is 1.